The molecule has 0 amide bonds. The van der Waals surface area contributed by atoms with Crippen LogP contribution in [0.2, 0.25) is 0 Å². The van der Waals surface area contributed by atoms with Crippen LogP contribution in [0, 0.1) is 13.8 Å². The summed E-state index contributed by atoms with van der Waals surface area (Å²) in [6, 6.07) is 6.55. The lowest BCUT2D eigenvalue weighted by molar-refractivity contribution is 0.462. The van der Waals surface area contributed by atoms with Crippen molar-refractivity contribution in [3.05, 3.63) is 40.5 Å². The molecule has 1 N–H and O–H groups in total. The van der Waals surface area contributed by atoms with E-state index in [1.165, 1.54) is 21.9 Å². The van der Waals surface area contributed by atoms with Crippen LogP contribution < -0.4 is 0 Å². The Morgan fingerprint density at radius 1 is 1.11 bits per heavy atom. The molecule has 1 nitrogen and oxygen atoms in total. The molecule has 0 radical (unpaired) electrons. The van der Waals surface area contributed by atoms with E-state index in [1.54, 1.807) is 0 Å². The normalized spacial score (nSPS) is 11.4. The number of hydrogen-bond donors (Lipinski definition) is 1. The highest BCUT2D eigenvalue weighted by Crippen LogP contribution is 2.38. The fraction of sp³-hybridized carbons (Fsp3) is 0.412. The Balaban J connectivity index is 2.98. The highest BCUT2D eigenvalue weighted by molar-refractivity contribution is 5.92. The molecule has 0 saturated heterocycles. The number of rotatable bonds is 2. The van der Waals surface area contributed by atoms with Gasteiger partial charge in [0, 0.05) is 5.56 Å². The van der Waals surface area contributed by atoms with Crippen LogP contribution in [0.4, 0.5) is 0 Å². The monoisotopic (exact) mass is 242 g/mol. The van der Waals surface area contributed by atoms with Crippen molar-refractivity contribution in [2.24, 2.45) is 0 Å². The summed E-state index contributed by atoms with van der Waals surface area (Å²) in [7, 11) is 0. The fourth-order valence-electron chi connectivity index (χ4n) is 2.81. The highest BCUT2D eigenvalue weighted by atomic mass is 16.3. The minimum Gasteiger partial charge on any atom is -0.507 e. The summed E-state index contributed by atoms with van der Waals surface area (Å²) in [6.45, 7) is 10.6. The van der Waals surface area contributed by atoms with Gasteiger partial charge < -0.3 is 5.11 Å². The van der Waals surface area contributed by atoms with Crippen LogP contribution in [0.5, 0.6) is 5.75 Å². The summed E-state index contributed by atoms with van der Waals surface area (Å²) in [6.07, 6.45) is 1.00. The van der Waals surface area contributed by atoms with Crippen LogP contribution in [0.3, 0.4) is 0 Å². The first-order valence-electron chi connectivity index (χ1n) is 6.71. The number of aromatic hydroxyl groups is 1. The smallest absolute Gasteiger partial charge is 0.122 e. The van der Waals surface area contributed by atoms with E-state index in [0.29, 0.717) is 11.7 Å². The van der Waals surface area contributed by atoms with Gasteiger partial charge in [-0.1, -0.05) is 38.5 Å². The van der Waals surface area contributed by atoms with Gasteiger partial charge in [-0.2, -0.15) is 0 Å². The molecule has 0 aliphatic rings. The zero-order chi connectivity index (χ0) is 13.4. The summed E-state index contributed by atoms with van der Waals surface area (Å²) in [5, 5.41) is 12.9. The average Bonchev–Trinajstić information content (AvgIpc) is 2.29. The standard InChI is InChI=1S/C17H22O/c1-6-13-7-11(4)8-14-9-12(5)17(18)15(10(2)3)16(13)14/h7-10,18H,6H2,1-5H3. The van der Waals surface area contributed by atoms with Crippen molar-refractivity contribution in [3.63, 3.8) is 0 Å². The van der Waals surface area contributed by atoms with Crippen LogP contribution in [0.25, 0.3) is 10.8 Å². The molecule has 18 heavy (non-hydrogen) atoms. The van der Waals surface area contributed by atoms with Crippen LogP contribution in [-0.2, 0) is 6.42 Å². The molecule has 0 atom stereocenters. The second-order valence-corrected chi connectivity index (χ2v) is 5.49. The first-order chi connectivity index (χ1) is 8.45. The quantitative estimate of drug-likeness (QED) is 0.798. The molecular formula is C17H22O. The number of hydrogen-bond acceptors (Lipinski definition) is 1. The lowest BCUT2D eigenvalue weighted by Crippen LogP contribution is -1.97. The molecule has 0 bridgehead atoms. The minimum atomic E-state index is 0.334. The maximum absolute atomic E-state index is 10.4. The number of phenolic OH excluding ortho intramolecular Hbond substituents is 1. The maximum Gasteiger partial charge on any atom is 0.122 e. The Kier molecular flexibility index (Phi) is 3.34. The molecule has 0 fully saturated rings. The first-order valence-corrected chi connectivity index (χ1v) is 6.71. The van der Waals surface area contributed by atoms with Crippen molar-refractivity contribution in [1.29, 1.82) is 0 Å². The Labute approximate surface area is 109 Å². The van der Waals surface area contributed by atoms with Gasteiger partial charge >= 0.3 is 0 Å². The van der Waals surface area contributed by atoms with Gasteiger partial charge in [0.25, 0.3) is 0 Å². The summed E-state index contributed by atoms with van der Waals surface area (Å²) in [5.74, 6) is 0.802. The first kappa shape index (κ1) is 12.9. The molecule has 0 heterocycles. The molecule has 2 aromatic rings. The molecular weight excluding hydrogens is 220 g/mol. The molecule has 2 aromatic carbocycles. The van der Waals surface area contributed by atoms with Gasteiger partial charge in [0.15, 0.2) is 0 Å². The van der Waals surface area contributed by atoms with Crippen molar-refractivity contribution in [3.8, 4) is 5.75 Å². The van der Waals surface area contributed by atoms with Crippen molar-refractivity contribution >= 4 is 10.8 Å². The Bertz CT molecular complexity index is 594. The van der Waals surface area contributed by atoms with Gasteiger partial charge in [0.2, 0.25) is 0 Å². The van der Waals surface area contributed by atoms with Crippen molar-refractivity contribution in [1.82, 2.24) is 0 Å². The third-order valence-electron chi connectivity index (χ3n) is 3.62. The van der Waals surface area contributed by atoms with E-state index in [-0.39, 0.29) is 0 Å². The second kappa shape index (κ2) is 4.64. The number of phenols is 1. The van der Waals surface area contributed by atoms with E-state index in [0.717, 1.165) is 17.5 Å². The third-order valence-corrected chi connectivity index (χ3v) is 3.62. The predicted molar refractivity (Wildman–Crippen MR) is 78.6 cm³/mol. The second-order valence-electron chi connectivity index (χ2n) is 5.49. The zero-order valence-electron chi connectivity index (χ0n) is 12.0. The van der Waals surface area contributed by atoms with Gasteiger partial charge in [0.05, 0.1) is 0 Å². The van der Waals surface area contributed by atoms with E-state index in [1.807, 2.05) is 6.92 Å². The number of fused-ring (bicyclic) bond motifs is 1. The van der Waals surface area contributed by atoms with Crippen molar-refractivity contribution in [2.75, 3.05) is 0 Å². The minimum absolute atomic E-state index is 0.334. The van der Waals surface area contributed by atoms with Gasteiger partial charge in [-0.25, -0.2) is 0 Å². The van der Waals surface area contributed by atoms with Crippen molar-refractivity contribution < 1.29 is 5.11 Å². The van der Waals surface area contributed by atoms with Gasteiger partial charge in [0.1, 0.15) is 5.75 Å². The van der Waals surface area contributed by atoms with Gasteiger partial charge in [-0.15, -0.1) is 0 Å². The van der Waals surface area contributed by atoms with E-state index in [9.17, 15) is 5.11 Å². The fourth-order valence-corrected chi connectivity index (χ4v) is 2.81. The lowest BCUT2D eigenvalue weighted by Gasteiger charge is -2.18. The van der Waals surface area contributed by atoms with Crippen molar-refractivity contribution in [2.45, 2.75) is 47.0 Å². The maximum atomic E-state index is 10.4. The molecule has 2 rings (SSSR count). The Hall–Kier alpha value is -1.50. The summed E-state index contributed by atoms with van der Waals surface area (Å²) in [5.41, 5.74) is 4.70. The molecule has 0 aromatic heterocycles. The van der Waals surface area contributed by atoms with Gasteiger partial charge in [-0.3, -0.25) is 0 Å². The average molecular weight is 242 g/mol. The molecule has 0 unspecified atom stereocenters. The molecule has 0 spiro atoms. The SMILES string of the molecule is CCc1cc(C)cc2cc(C)c(O)c(C(C)C)c12. The Morgan fingerprint density at radius 3 is 2.33 bits per heavy atom. The topological polar surface area (TPSA) is 20.2 Å². The lowest BCUT2D eigenvalue weighted by atomic mass is 9.88. The van der Waals surface area contributed by atoms with Gasteiger partial charge in [-0.05, 0) is 54.2 Å². The molecule has 0 aliphatic heterocycles. The summed E-state index contributed by atoms with van der Waals surface area (Å²) >= 11 is 0. The molecule has 0 saturated carbocycles. The van der Waals surface area contributed by atoms with E-state index in [4.69, 9.17) is 0 Å². The summed E-state index contributed by atoms with van der Waals surface area (Å²) in [4.78, 5) is 0. The van der Waals surface area contributed by atoms with Crippen LogP contribution in [-0.4, -0.2) is 5.11 Å². The predicted octanol–water partition coefficient (Wildman–Crippen LogP) is 4.85. The molecule has 96 valence electrons. The Morgan fingerprint density at radius 2 is 1.78 bits per heavy atom. The molecule has 1 heteroatoms. The molecule has 0 aliphatic carbocycles. The van der Waals surface area contributed by atoms with E-state index in [2.05, 4.69) is 45.9 Å². The van der Waals surface area contributed by atoms with Crippen LogP contribution >= 0.6 is 0 Å². The zero-order valence-corrected chi connectivity index (χ0v) is 12.0. The number of benzene rings is 2. The largest absolute Gasteiger partial charge is 0.507 e. The van der Waals surface area contributed by atoms with E-state index >= 15 is 0 Å². The van der Waals surface area contributed by atoms with Crippen LogP contribution in [0.15, 0.2) is 18.2 Å². The highest BCUT2D eigenvalue weighted by Gasteiger charge is 2.16. The third kappa shape index (κ3) is 1.98. The van der Waals surface area contributed by atoms with E-state index < -0.39 is 0 Å². The number of aryl methyl sites for hydroxylation is 3. The summed E-state index contributed by atoms with van der Waals surface area (Å²) < 4.78 is 0. The van der Waals surface area contributed by atoms with Crippen LogP contribution in [0.1, 0.15) is 48.9 Å².